The number of hydrogen-bond donors (Lipinski definition) is 1. The molecule has 1 N–H and O–H groups in total. The third-order valence-electron chi connectivity index (χ3n) is 5.44. The molecular weight excluding hydrogens is 468 g/mol. The Bertz CT molecular complexity index is 1230. The van der Waals surface area contributed by atoms with Gasteiger partial charge < -0.3 is 14.4 Å². The van der Waals surface area contributed by atoms with Crippen LogP contribution in [0.3, 0.4) is 0 Å². The molecule has 33 heavy (non-hydrogen) atoms. The monoisotopic (exact) mass is 496 g/mol. The molecule has 0 saturated carbocycles. The van der Waals surface area contributed by atoms with Crippen molar-refractivity contribution in [2.45, 2.75) is 30.8 Å². The zero-order valence-corrected chi connectivity index (χ0v) is 20.4. The Balaban J connectivity index is 1.78. The number of carbonyl (C=O) groups excluding carboxylic acids is 1. The van der Waals surface area contributed by atoms with E-state index in [4.69, 9.17) is 9.47 Å². The van der Waals surface area contributed by atoms with Crippen LogP contribution in [0.25, 0.3) is 0 Å². The van der Waals surface area contributed by atoms with E-state index in [0.29, 0.717) is 24.6 Å². The SMILES string of the molecule is CCN(Cc1ccc(OC)c(OC)c1)C(=O)c1cccc(S(=O)(=O)NC2CCS(=O)(=O)C2)c1. The molecular formula is C22H28N2O7S2. The molecule has 11 heteroatoms. The van der Waals surface area contributed by atoms with Gasteiger partial charge in [0, 0.05) is 24.7 Å². The Morgan fingerprint density at radius 3 is 2.45 bits per heavy atom. The lowest BCUT2D eigenvalue weighted by molar-refractivity contribution is 0.0752. The van der Waals surface area contributed by atoms with Crippen molar-refractivity contribution >= 4 is 25.8 Å². The number of ether oxygens (including phenoxy) is 2. The first-order valence-electron chi connectivity index (χ1n) is 10.4. The summed E-state index contributed by atoms with van der Waals surface area (Å²) in [6.07, 6.45) is 0.231. The molecule has 0 bridgehead atoms. The van der Waals surface area contributed by atoms with E-state index < -0.39 is 25.9 Å². The first kappa shape index (κ1) is 25.0. The van der Waals surface area contributed by atoms with Gasteiger partial charge in [0.2, 0.25) is 10.0 Å². The summed E-state index contributed by atoms with van der Waals surface area (Å²) in [5.41, 5.74) is 1.05. The van der Waals surface area contributed by atoms with Crippen LogP contribution in [0, 0.1) is 0 Å². The summed E-state index contributed by atoms with van der Waals surface area (Å²) in [7, 11) is -4.13. The molecule has 2 aromatic carbocycles. The van der Waals surface area contributed by atoms with Gasteiger partial charge in [0.25, 0.3) is 5.91 Å². The van der Waals surface area contributed by atoms with Gasteiger partial charge in [-0.25, -0.2) is 21.6 Å². The average Bonchev–Trinajstić information content (AvgIpc) is 3.14. The molecule has 1 heterocycles. The lowest BCUT2D eigenvalue weighted by Gasteiger charge is -2.22. The van der Waals surface area contributed by atoms with E-state index in [1.807, 2.05) is 13.0 Å². The Hall–Kier alpha value is -2.63. The van der Waals surface area contributed by atoms with Crippen LogP contribution in [0.1, 0.15) is 29.3 Å². The molecule has 180 valence electrons. The van der Waals surface area contributed by atoms with Crippen molar-refractivity contribution in [1.29, 1.82) is 0 Å². The number of amides is 1. The molecule has 3 rings (SSSR count). The number of rotatable bonds is 9. The van der Waals surface area contributed by atoms with Gasteiger partial charge in [0.05, 0.1) is 30.6 Å². The van der Waals surface area contributed by atoms with E-state index in [1.165, 1.54) is 25.3 Å². The molecule has 9 nitrogen and oxygen atoms in total. The molecule has 0 aliphatic carbocycles. The van der Waals surface area contributed by atoms with Crippen molar-refractivity contribution in [2.24, 2.45) is 0 Å². The second-order valence-electron chi connectivity index (χ2n) is 7.76. The van der Waals surface area contributed by atoms with Crippen molar-refractivity contribution in [1.82, 2.24) is 9.62 Å². The largest absolute Gasteiger partial charge is 0.493 e. The Kier molecular flexibility index (Phi) is 7.65. The molecule has 0 radical (unpaired) electrons. The van der Waals surface area contributed by atoms with Gasteiger partial charge in [-0.15, -0.1) is 0 Å². The van der Waals surface area contributed by atoms with Gasteiger partial charge in [-0.1, -0.05) is 12.1 Å². The molecule has 1 unspecified atom stereocenters. The number of methoxy groups -OCH3 is 2. The summed E-state index contributed by atoms with van der Waals surface area (Å²) in [6.45, 7) is 2.54. The Morgan fingerprint density at radius 2 is 1.85 bits per heavy atom. The molecule has 0 aromatic heterocycles. The van der Waals surface area contributed by atoms with E-state index >= 15 is 0 Å². The molecule has 0 spiro atoms. The maximum atomic E-state index is 13.1. The number of nitrogens with zero attached hydrogens (tertiary/aromatic N) is 1. The predicted octanol–water partition coefficient (Wildman–Crippen LogP) is 1.83. The van der Waals surface area contributed by atoms with Crippen LogP contribution in [0.4, 0.5) is 0 Å². The molecule has 1 atom stereocenters. The van der Waals surface area contributed by atoms with Crippen LogP contribution in [0.2, 0.25) is 0 Å². The van der Waals surface area contributed by atoms with E-state index in [1.54, 1.807) is 30.2 Å². The summed E-state index contributed by atoms with van der Waals surface area (Å²) in [5.74, 6) is 0.538. The van der Waals surface area contributed by atoms with Crippen molar-refractivity contribution in [2.75, 3.05) is 32.3 Å². The van der Waals surface area contributed by atoms with E-state index in [2.05, 4.69) is 4.72 Å². The standard InChI is InChI=1S/C22H28N2O7S2/c1-4-24(14-16-8-9-20(30-2)21(12-16)31-3)22(25)17-6-5-7-19(13-17)33(28,29)23-18-10-11-32(26,27)15-18/h5-9,12-13,18,23H,4,10-11,14-15H2,1-3H3. The number of benzene rings is 2. The number of hydrogen-bond acceptors (Lipinski definition) is 7. The number of sulfone groups is 1. The molecule has 1 amide bonds. The number of nitrogens with one attached hydrogen (secondary N) is 1. The van der Waals surface area contributed by atoms with Gasteiger partial charge in [0.1, 0.15) is 0 Å². The number of carbonyl (C=O) groups is 1. The van der Waals surface area contributed by atoms with Crippen LogP contribution in [-0.4, -0.2) is 66.0 Å². The molecule has 1 aliphatic rings. The van der Waals surface area contributed by atoms with Gasteiger partial charge in [-0.05, 0) is 49.2 Å². The minimum Gasteiger partial charge on any atom is -0.493 e. The second kappa shape index (κ2) is 10.1. The van der Waals surface area contributed by atoms with Crippen molar-refractivity contribution in [3.05, 3.63) is 53.6 Å². The average molecular weight is 497 g/mol. The zero-order chi connectivity index (χ0) is 24.2. The maximum Gasteiger partial charge on any atom is 0.254 e. The van der Waals surface area contributed by atoms with E-state index in [-0.39, 0.29) is 34.3 Å². The van der Waals surface area contributed by atoms with E-state index in [9.17, 15) is 21.6 Å². The quantitative estimate of drug-likeness (QED) is 0.562. The van der Waals surface area contributed by atoms with Crippen molar-refractivity contribution < 1.29 is 31.1 Å². The summed E-state index contributed by atoms with van der Waals surface area (Å²) in [5, 5.41) is 0. The first-order valence-corrected chi connectivity index (χ1v) is 13.7. The second-order valence-corrected chi connectivity index (χ2v) is 11.7. The van der Waals surface area contributed by atoms with E-state index in [0.717, 1.165) is 5.56 Å². The smallest absolute Gasteiger partial charge is 0.254 e. The third-order valence-corrected chi connectivity index (χ3v) is 8.72. The fourth-order valence-corrected chi connectivity index (χ4v) is 6.78. The third kappa shape index (κ3) is 6.04. The van der Waals surface area contributed by atoms with Crippen LogP contribution in [0.5, 0.6) is 11.5 Å². The molecule has 1 saturated heterocycles. The van der Waals surface area contributed by atoms with Crippen LogP contribution >= 0.6 is 0 Å². The maximum absolute atomic E-state index is 13.1. The van der Waals surface area contributed by atoms with Crippen LogP contribution in [-0.2, 0) is 26.4 Å². The highest BCUT2D eigenvalue weighted by Gasteiger charge is 2.31. The fraction of sp³-hybridized carbons (Fsp3) is 0.409. The Morgan fingerprint density at radius 1 is 1.12 bits per heavy atom. The highest BCUT2D eigenvalue weighted by atomic mass is 32.2. The number of sulfonamides is 1. The highest BCUT2D eigenvalue weighted by Crippen LogP contribution is 2.28. The normalized spacial score (nSPS) is 17.5. The van der Waals surface area contributed by atoms with Crippen LogP contribution < -0.4 is 14.2 Å². The summed E-state index contributed by atoms with van der Waals surface area (Å²) in [6, 6.07) is 10.5. The predicted molar refractivity (Wildman–Crippen MR) is 124 cm³/mol. The summed E-state index contributed by atoms with van der Waals surface area (Å²) >= 11 is 0. The van der Waals surface area contributed by atoms with Gasteiger partial charge >= 0.3 is 0 Å². The molecule has 1 fully saturated rings. The summed E-state index contributed by atoms with van der Waals surface area (Å²) < 4.78 is 61.8. The van der Waals surface area contributed by atoms with Gasteiger partial charge in [-0.2, -0.15) is 0 Å². The van der Waals surface area contributed by atoms with Crippen LogP contribution in [0.15, 0.2) is 47.4 Å². The molecule has 1 aliphatic heterocycles. The van der Waals surface area contributed by atoms with Crippen molar-refractivity contribution in [3.8, 4) is 11.5 Å². The zero-order valence-electron chi connectivity index (χ0n) is 18.8. The summed E-state index contributed by atoms with van der Waals surface area (Å²) in [4.78, 5) is 14.6. The minimum absolute atomic E-state index is 0.0414. The highest BCUT2D eigenvalue weighted by molar-refractivity contribution is 7.92. The Labute approximate surface area is 194 Å². The van der Waals surface area contributed by atoms with Gasteiger partial charge in [0.15, 0.2) is 21.3 Å². The topological polar surface area (TPSA) is 119 Å². The molecule has 2 aromatic rings. The lowest BCUT2D eigenvalue weighted by atomic mass is 10.1. The minimum atomic E-state index is -3.97. The van der Waals surface area contributed by atoms with Crippen molar-refractivity contribution in [3.63, 3.8) is 0 Å². The lowest BCUT2D eigenvalue weighted by Crippen LogP contribution is -2.36. The fourth-order valence-electron chi connectivity index (χ4n) is 3.68. The van der Waals surface area contributed by atoms with Gasteiger partial charge in [-0.3, -0.25) is 4.79 Å². The first-order chi connectivity index (χ1) is 15.6.